The highest BCUT2D eigenvalue weighted by atomic mass is 32.2. The highest BCUT2D eigenvalue weighted by molar-refractivity contribution is 7.99. The summed E-state index contributed by atoms with van der Waals surface area (Å²) in [6.45, 7) is 8.20. The van der Waals surface area contributed by atoms with E-state index in [-0.39, 0.29) is 11.9 Å². The van der Waals surface area contributed by atoms with Gasteiger partial charge in [0.25, 0.3) is 0 Å². The third-order valence-corrected chi connectivity index (χ3v) is 3.13. The number of nitrogens with zero attached hydrogens (tertiary/aromatic N) is 1. The van der Waals surface area contributed by atoms with Gasteiger partial charge in [-0.05, 0) is 32.9 Å². The molecule has 0 aliphatic rings. The van der Waals surface area contributed by atoms with E-state index in [0.29, 0.717) is 12.3 Å². The third kappa shape index (κ3) is 6.79. The number of hydrogen-bond acceptors (Lipinski definition) is 3. The Kier molecular flexibility index (Phi) is 7.88. The van der Waals surface area contributed by atoms with Crippen LogP contribution in [0.5, 0.6) is 0 Å². The smallest absolute Gasteiger partial charge is 0.232 e. The summed E-state index contributed by atoms with van der Waals surface area (Å²) in [4.78, 5) is 13.5. The van der Waals surface area contributed by atoms with Gasteiger partial charge in [0, 0.05) is 12.6 Å². The lowest BCUT2D eigenvalue weighted by Crippen LogP contribution is -2.42. The second kappa shape index (κ2) is 7.99. The maximum atomic E-state index is 11.8. The fourth-order valence-electron chi connectivity index (χ4n) is 1.27. The number of rotatable bonds is 7. The molecule has 0 aromatic heterocycles. The Morgan fingerprint density at radius 1 is 1.40 bits per heavy atom. The molecule has 0 aromatic carbocycles. The van der Waals surface area contributed by atoms with E-state index in [1.54, 1.807) is 23.6 Å². The Morgan fingerprint density at radius 2 is 2.00 bits per heavy atom. The van der Waals surface area contributed by atoms with E-state index in [1.807, 2.05) is 13.8 Å². The highest BCUT2D eigenvalue weighted by Gasteiger charge is 2.17. The van der Waals surface area contributed by atoms with Crippen LogP contribution in [0.3, 0.4) is 0 Å². The summed E-state index contributed by atoms with van der Waals surface area (Å²) in [5.74, 6) is 1.68. The lowest BCUT2D eigenvalue weighted by Gasteiger charge is -2.27. The molecule has 1 amide bonds. The van der Waals surface area contributed by atoms with Crippen molar-refractivity contribution < 1.29 is 9.90 Å². The first-order chi connectivity index (χ1) is 6.99. The molecule has 0 aliphatic carbocycles. The minimum atomic E-state index is -0.451. The third-order valence-electron chi connectivity index (χ3n) is 1.98. The lowest BCUT2D eigenvalue weighted by molar-refractivity contribution is -0.131. The van der Waals surface area contributed by atoms with Gasteiger partial charge in [-0.15, -0.1) is 0 Å². The summed E-state index contributed by atoms with van der Waals surface area (Å²) < 4.78 is 0. The molecule has 4 heteroatoms. The van der Waals surface area contributed by atoms with Crippen LogP contribution in [-0.4, -0.2) is 46.1 Å². The molecule has 15 heavy (non-hydrogen) atoms. The highest BCUT2D eigenvalue weighted by Crippen LogP contribution is 2.07. The standard InChI is InChI=1S/C11H23NO2S/c1-5-6-15-8-11(14)12(9(2)3)7-10(4)13/h9-10,13H,5-8H2,1-4H3. The van der Waals surface area contributed by atoms with Crippen molar-refractivity contribution in [2.45, 2.75) is 46.3 Å². The van der Waals surface area contributed by atoms with Crippen molar-refractivity contribution in [3.05, 3.63) is 0 Å². The average Bonchev–Trinajstić information content (AvgIpc) is 2.13. The molecule has 1 N–H and O–H groups in total. The van der Waals surface area contributed by atoms with E-state index < -0.39 is 6.10 Å². The quantitative estimate of drug-likeness (QED) is 0.681. The minimum absolute atomic E-state index is 0.129. The van der Waals surface area contributed by atoms with Crippen molar-refractivity contribution in [2.24, 2.45) is 0 Å². The van der Waals surface area contributed by atoms with Gasteiger partial charge < -0.3 is 10.0 Å². The number of amides is 1. The molecule has 0 radical (unpaired) electrons. The lowest BCUT2D eigenvalue weighted by atomic mass is 10.2. The van der Waals surface area contributed by atoms with E-state index in [9.17, 15) is 9.90 Å². The van der Waals surface area contributed by atoms with E-state index in [0.717, 1.165) is 12.2 Å². The van der Waals surface area contributed by atoms with Gasteiger partial charge in [0.15, 0.2) is 0 Å². The fraction of sp³-hybridized carbons (Fsp3) is 0.909. The first-order valence-electron chi connectivity index (χ1n) is 5.54. The van der Waals surface area contributed by atoms with Crippen LogP contribution in [0, 0.1) is 0 Å². The Hall–Kier alpha value is -0.220. The van der Waals surface area contributed by atoms with Gasteiger partial charge >= 0.3 is 0 Å². The van der Waals surface area contributed by atoms with Gasteiger partial charge in [0.1, 0.15) is 0 Å². The van der Waals surface area contributed by atoms with E-state index in [1.165, 1.54) is 0 Å². The molecule has 3 nitrogen and oxygen atoms in total. The zero-order valence-corrected chi connectivity index (χ0v) is 11.0. The van der Waals surface area contributed by atoms with Crippen molar-refractivity contribution in [2.75, 3.05) is 18.1 Å². The predicted molar refractivity (Wildman–Crippen MR) is 66.1 cm³/mol. The number of carbonyl (C=O) groups is 1. The summed E-state index contributed by atoms with van der Waals surface area (Å²) in [6, 6.07) is 0.161. The van der Waals surface area contributed by atoms with Crippen molar-refractivity contribution >= 4 is 17.7 Å². The Morgan fingerprint density at radius 3 is 2.40 bits per heavy atom. The molecule has 0 aromatic rings. The molecule has 0 spiro atoms. The van der Waals surface area contributed by atoms with Crippen LogP contribution in [0.15, 0.2) is 0 Å². The molecular formula is C11H23NO2S. The van der Waals surface area contributed by atoms with Gasteiger partial charge in [-0.1, -0.05) is 6.92 Å². The molecule has 0 heterocycles. The van der Waals surface area contributed by atoms with Gasteiger partial charge in [-0.3, -0.25) is 4.79 Å². The monoisotopic (exact) mass is 233 g/mol. The Bertz CT molecular complexity index is 183. The first kappa shape index (κ1) is 14.8. The molecule has 0 aliphatic heterocycles. The van der Waals surface area contributed by atoms with Gasteiger partial charge in [0.2, 0.25) is 5.91 Å². The van der Waals surface area contributed by atoms with Crippen LogP contribution in [0.25, 0.3) is 0 Å². The van der Waals surface area contributed by atoms with E-state index >= 15 is 0 Å². The van der Waals surface area contributed by atoms with Crippen molar-refractivity contribution in [3.63, 3.8) is 0 Å². The molecule has 1 unspecified atom stereocenters. The first-order valence-corrected chi connectivity index (χ1v) is 6.69. The second-order valence-corrected chi connectivity index (χ2v) is 5.15. The number of hydrogen-bond donors (Lipinski definition) is 1. The number of aliphatic hydroxyl groups excluding tert-OH is 1. The number of carbonyl (C=O) groups excluding carboxylic acids is 1. The summed E-state index contributed by atoms with van der Waals surface area (Å²) in [6.07, 6.45) is 0.642. The molecular weight excluding hydrogens is 210 g/mol. The molecule has 0 rings (SSSR count). The molecule has 0 saturated heterocycles. The largest absolute Gasteiger partial charge is 0.392 e. The summed E-state index contributed by atoms with van der Waals surface area (Å²) in [5, 5.41) is 9.29. The normalized spacial score (nSPS) is 12.9. The maximum Gasteiger partial charge on any atom is 0.232 e. The van der Waals surface area contributed by atoms with Crippen molar-refractivity contribution in [1.82, 2.24) is 4.90 Å². The van der Waals surface area contributed by atoms with Crippen LogP contribution in [0.1, 0.15) is 34.1 Å². The van der Waals surface area contributed by atoms with Crippen LogP contribution in [0.2, 0.25) is 0 Å². The summed E-state index contributed by atoms with van der Waals surface area (Å²) in [5.41, 5.74) is 0. The predicted octanol–water partition coefficient (Wildman–Crippen LogP) is 1.75. The van der Waals surface area contributed by atoms with Crippen LogP contribution in [-0.2, 0) is 4.79 Å². The Labute approximate surface area is 97.2 Å². The topological polar surface area (TPSA) is 40.5 Å². The number of aliphatic hydroxyl groups is 1. The van der Waals surface area contributed by atoms with Crippen molar-refractivity contribution in [3.8, 4) is 0 Å². The zero-order chi connectivity index (χ0) is 11.8. The molecule has 0 saturated carbocycles. The molecule has 1 atom stereocenters. The van der Waals surface area contributed by atoms with E-state index in [2.05, 4.69) is 6.92 Å². The summed E-state index contributed by atoms with van der Waals surface area (Å²) in [7, 11) is 0. The number of thioether (sulfide) groups is 1. The molecule has 0 bridgehead atoms. The van der Waals surface area contributed by atoms with Gasteiger partial charge in [-0.2, -0.15) is 11.8 Å². The van der Waals surface area contributed by atoms with Crippen molar-refractivity contribution in [1.29, 1.82) is 0 Å². The van der Waals surface area contributed by atoms with E-state index in [4.69, 9.17) is 0 Å². The van der Waals surface area contributed by atoms with Gasteiger partial charge in [0.05, 0.1) is 11.9 Å². The van der Waals surface area contributed by atoms with Crippen LogP contribution in [0.4, 0.5) is 0 Å². The fourth-order valence-corrected chi connectivity index (χ4v) is 2.05. The van der Waals surface area contributed by atoms with Crippen LogP contribution < -0.4 is 0 Å². The van der Waals surface area contributed by atoms with Gasteiger partial charge in [-0.25, -0.2) is 0 Å². The molecule has 0 fully saturated rings. The average molecular weight is 233 g/mol. The molecule has 90 valence electrons. The maximum absolute atomic E-state index is 11.8. The Balaban J connectivity index is 4.05. The minimum Gasteiger partial charge on any atom is -0.392 e. The second-order valence-electron chi connectivity index (χ2n) is 4.04. The zero-order valence-electron chi connectivity index (χ0n) is 10.2. The summed E-state index contributed by atoms with van der Waals surface area (Å²) >= 11 is 1.66. The van der Waals surface area contributed by atoms with Crippen LogP contribution >= 0.6 is 11.8 Å². The SMILES string of the molecule is CCCSCC(=O)N(CC(C)O)C(C)C.